The van der Waals surface area contributed by atoms with E-state index in [1.165, 1.54) is 0 Å². The summed E-state index contributed by atoms with van der Waals surface area (Å²) in [4.78, 5) is 6.42. The van der Waals surface area contributed by atoms with Crippen LogP contribution in [-0.2, 0) is 0 Å². The minimum atomic E-state index is 0.0601. The minimum absolute atomic E-state index is 0.0601. The summed E-state index contributed by atoms with van der Waals surface area (Å²) in [5, 5.41) is 0.687. The van der Waals surface area contributed by atoms with Gasteiger partial charge in [0.05, 0.1) is 17.6 Å². The fourth-order valence-corrected chi connectivity index (χ4v) is 3.23. The predicted octanol–water partition coefficient (Wildman–Crippen LogP) is 4.74. The Labute approximate surface area is 145 Å². The van der Waals surface area contributed by atoms with Crippen molar-refractivity contribution in [3.05, 3.63) is 62.0 Å². The van der Waals surface area contributed by atoms with Gasteiger partial charge in [0, 0.05) is 14.6 Å². The Morgan fingerprint density at radius 1 is 1.19 bits per heavy atom. The van der Waals surface area contributed by atoms with Gasteiger partial charge in [-0.3, -0.25) is 4.99 Å². The van der Waals surface area contributed by atoms with E-state index >= 15 is 0 Å². The highest BCUT2D eigenvalue weighted by atomic mass is 79.9. The van der Waals surface area contributed by atoms with Crippen molar-refractivity contribution in [1.82, 2.24) is 0 Å². The fourth-order valence-electron chi connectivity index (χ4n) is 2.41. The van der Waals surface area contributed by atoms with Gasteiger partial charge in [-0.15, -0.1) is 0 Å². The Bertz CT molecular complexity index is 718. The van der Waals surface area contributed by atoms with Gasteiger partial charge in [-0.25, -0.2) is 0 Å². The monoisotopic (exact) mass is 427 g/mol. The summed E-state index contributed by atoms with van der Waals surface area (Å²) in [6.45, 7) is 0.621. The van der Waals surface area contributed by atoms with Crippen LogP contribution in [0, 0.1) is 0 Å². The quantitative estimate of drug-likeness (QED) is 0.749. The Morgan fingerprint density at radius 3 is 2.71 bits per heavy atom. The second-order valence-electron chi connectivity index (χ2n) is 4.74. The van der Waals surface area contributed by atoms with Gasteiger partial charge in [0.2, 0.25) is 0 Å². The molecule has 6 heteroatoms. The average Bonchev–Trinajstić information content (AvgIpc) is 2.84. The number of benzene rings is 2. The summed E-state index contributed by atoms with van der Waals surface area (Å²) >= 11 is 13.1. The predicted molar refractivity (Wildman–Crippen MR) is 95.0 cm³/mol. The molecule has 0 amide bonds. The zero-order valence-corrected chi connectivity index (χ0v) is 14.9. The number of hydrogen-bond acceptors (Lipinski definition) is 3. The van der Waals surface area contributed by atoms with E-state index in [0.717, 1.165) is 20.2 Å². The van der Waals surface area contributed by atoms with Gasteiger partial charge in [-0.1, -0.05) is 39.7 Å². The van der Waals surface area contributed by atoms with E-state index in [1.807, 2.05) is 47.4 Å². The summed E-state index contributed by atoms with van der Waals surface area (Å²) < 4.78 is 1.89. The van der Waals surface area contributed by atoms with Gasteiger partial charge in [0.15, 0.2) is 5.96 Å². The zero-order valence-electron chi connectivity index (χ0n) is 10.9. The number of nitrogens with zero attached hydrogens (tertiary/aromatic N) is 2. The van der Waals surface area contributed by atoms with Crippen LogP contribution < -0.4 is 10.6 Å². The van der Waals surface area contributed by atoms with Crippen LogP contribution in [0.4, 0.5) is 5.69 Å². The van der Waals surface area contributed by atoms with Crippen LogP contribution in [0.25, 0.3) is 0 Å². The maximum atomic E-state index is 6.21. The first-order chi connectivity index (χ1) is 10.1. The summed E-state index contributed by atoms with van der Waals surface area (Å²) in [5.41, 5.74) is 8.17. The number of rotatable bonds is 2. The molecule has 2 aromatic carbocycles. The molecular formula is C15H12Br2ClN3. The third-order valence-corrected chi connectivity index (χ3v) is 5.13. The molecule has 3 rings (SSSR count). The van der Waals surface area contributed by atoms with Crippen molar-refractivity contribution in [3.63, 3.8) is 0 Å². The number of halogens is 3. The number of nitrogens with two attached hydrogens (primary N) is 1. The van der Waals surface area contributed by atoms with Crippen molar-refractivity contribution >= 4 is 55.1 Å². The lowest BCUT2D eigenvalue weighted by molar-refractivity contribution is 0.768. The molecule has 0 aliphatic carbocycles. The van der Waals surface area contributed by atoms with Gasteiger partial charge in [-0.05, 0) is 51.8 Å². The highest BCUT2D eigenvalue weighted by molar-refractivity contribution is 9.10. The van der Waals surface area contributed by atoms with E-state index < -0.39 is 0 Å². The molecule has 1 atom stereocenters. The van der Waals surface area contributed by atoms with Gasteiger partial charge in [0.1, 0.15) is 0 Å². The molecule has 0 radical (unpaired) electrons. The Kier molecular flexibility index (Phi) is 4.24. The van der Waals surface area contributed by atoms with Crippen LogP contribution in [0.15, 0.2) is 56.4 Å². The van der Waals surface area contributed by atoms with E-state index in [1.54, 1.807) is 0 Å². The molecule has 21 heavy (non-hydrogen) atoms. The Balaban J connectivity index is 2.00. The van der Waals surface area contributed by atoms with Crippen LogP contribution >= 0.6 is 43.5 Å². The molecule has 1 heterocycles. The summed E-state index contributed by atoms with van der Waals surface area (Å²) in [5.74, 6) is 0.525. The minimum Gasteiger partial charge on any atom is -0.369 e. The second kappa shape index (κ2) is 5.99. The zero-order chi connectivity index (χ0) is 15.0. The van der Waals surface area contributed by atoms with Gasteiger partial charge < -0.3 is 10.6 Å². The summed E-state index contributed by atoms with van der Waals surface area (Å²) in [7, 11) is 0. The first-order valence-corrected chi connectivity index (χ1v) is 8.32. The number of aliphatic imine (C=N–C) groups is 1. The SMILES string of the molecule is NC1=NCC(c2ccc(Br)c(Cl)c2)N1c1cccc(Br)c1. The summed E-state index contributed by atoms with van der Waals surface area (Å²) in [6.07, 6.45) is 0. The van der Waals surface area contributed by atoms with Crippen molar-refractivity contribution in [2.24, 2.45) is 10.7 Å². The Hall–Kier alpha value is -1.04. The standard InChI is InChI=1S/C15H12Br2ClN3/c16-10-2-1-3-11(7-10)21-14(8-20-15(21)19)9-4-5-12(17)13(18)6-9/h1-7,14H,8H2,(H2,19,20). The first kappa shape index (κ1) is 14.9. The summed E-state index contributed by atoms with van der Waals surface area (Å²) in [6, 6.07) is 14.0. The van der Waals surface area contributed by atoms with E-state index in [9.17, 15) is 0 Å². The Morgan fingerprint density at radius 2 is 2.00 bits per heavy atom. The van der Waals surface area contributed by atoms with Crippen LogP contribution in [0.2, 0.25) is 5.02 Å². The van der Waals surface area contributed by atoms with Crippen molar-refractivity contribution in [2.75, 3.05) is 11.4 Å². The van der Waals surface area contributed by atoms with Crippen LogP contribution in [-0.4, -0.2) is 12.5 Å². The fraction of sp³-hybridized carbons (Fsp3) is 0.133. The third kappa shape index (κ3) is 2.96. The van der Waals surface area contributed by atoms with E-state index in [2.05, 4.69) is 36.9 Å². The first-order valence-electron chi connectivity index (χ1n) is 6.36. The molecule has 1 aliphatic rings. The van der Waals surface area contributed by atoms with Crippen LogP contribution in [0.1, 0.15) is 11.6 Å². The molecular weight excluding hydrogens is 417 g/mol. The van der Waals surface area contributed by atoms with Crippen LogP contribution in [0.5, 0.6) is 0 Å². The highest BCUT2D eigenvalue weighted by Crippen LogP contribution is 2.34. The maximum Gasteiger partial charge on any atom is 0.196 e. The van der Waals surface area contributed by atoms with Gasteiger partial charge in [-0.2, -0.15) is 0 Å². The van der Waals surface area contributed by atoms with Crippen molar-refractivity contribution in [2.45, 2.75) is 6.04 Å². The van der Waals surface area contributed by atoms with Crippen molar-refractivity contribution in [3.8, 4) is 0 Å². The number of hydrogen-bond donors (Lipinski definition) is 1. The molecule has 0 spiro atoms. The van der Waals surface area contributed by atoms with Gasteiger partial charge in [0.25, 0.3) is 0 Å². The molecule has 2 aromatic rings. The molecule has 2 N–H and O–H groups in total. The maximum absolute atomic E-state index is 6.21. The van der Waals surface area contributed by atoms with E-state index in [0.29, 0.717) is 17.5 Å². The molecule has 0 fully saturated rings. The second-order valence-corrected chi connectivity index (χ2v) is 6.92. The third-order valence-electron chi connectivity index (χ3n) is 3.40. The number of anilines is 1. The lowest BCUT2D eigenvalue weighted by Crippen LogP contribution is -2.36. The molecule has 0 saturated heterocycles. The van der Waals surface area contributed by atoms with E-state index in [4.69, 9.17) is 17.3 Å². The largest absolute Gasteiger partial charge is 0.369 e. The average molecular weight is 430 g/mol. The topological polar surface area (TPSA) is 41.6 Å². The van der Waals surface area contributed by atoms with Crippen molar-refractivity contribution in [1.29, 1.82) is 0 Å². The lowest BCUT2D eigenvalue weighted by atomic mass is 10.1. The molecule has 0 aromatic heterocycles. The smallest absolute Gasteiger partial charge is 0.196 e. The number of guanidine groups is 1. The van der Waals surface area contributed by atoms with E-state index in [-0.39, 0.29) is 6.04 Å². The molecule has 108 valence electrons. The molecule has 1 unspecified atom stereocenters. The lowest BCUT2D eigenvalue weighted by Gasteiger charge is -2.27. The molecule has 0 bridgehead atoms. The van der Waals surface area contributed by atoms with Gasteiger partial charge >= 0.3 is 0 Å². The highest BCUT2D eigenvalue weighted by Gasteiger charge is 2.29. The molecule has 1 aliphatic heterocycles. The van der Waals surface area contributed by atoms with Crippen molar-refractivity contribution < 1.29 is 0 Å². The normalized spacial score (nSPS) is 18.0. The van der Waals surface area contributed by atoms with Crippen LogP contribution in [0.3, 0.4) is 0 Å². The molecule has 0 saturated carbocycles. The molecule has 3 nitrogen and oxygen atoms in total.